The minimum absolute atomic E-state index is 0.189. The maximum Gasteiger partial charge on any atom is 0.303 e. The summed E-state index contributed by atoms with van der Waals surface area (Å²) in [7, 11) is 0. The third-order valence-electron chi connectivity index (χ3n) is 5.28. The lowest BCUT2D eigenvalue weighted by Gasteiger charge is -2.24. The topological polar surface area (TPSA) is 197 Å². The van der Waals surface area contributed by atoms with Crippen LogP contribution in [0.2, 0.25) is 0 Å². The number of amides is 5. The maximum atomic E-state index is 12.8. The van der Waals surface area contributed by atoms with Crippen molar-refractivity contribution in [1.82, 2.24) is 21.3 Å². The second-order valence-electron chi connectivity index (χ2n) is 8.41. The van der Waals surface area contributed by atoms with Crippen molar-refractivity contribution in [1.29, 1.82) is 0 Å². The lowest BCUT2D eigenvalue weighted by molar-refractivity contribution is -0.138. The predicted molar refractivity (Wildman–Crippen MR) is 138 cm³/mol. The molecule has 0 saturated carbocycles. The second-order valence-corrected chi connectivity index (χ2v) is 9.40. The van der Waals surface area contributed by atoms with Crippen LogP contribution in [-0.2, 0) is 35.2 Å². The van der Waals surface area contributed by atoms with Gasteiger partial charge in [-0.15, -0.1) is 0 Å². The molecule has 7 N–H and O–H groups in total. The van der Waals surface area contributed by atoms with Crippen molar-refractivity contribution in [2.75, 3.05) is 12.0 Å². The van der Waals surface area contributed by atoms with E-state index in [-0.39, 0.29) is 19.3 Å². The highest BCUT2D eigenvalue weighted by atomic mass is 32.2. The van der Waals surface area contributed by atoms with Crippen molar-refractivity contribution in [2.45, 2.75) is 63.7 Å². The quantitative estimate of drug-likeness (QED) is 0.159. The first kappa shape index (κ1) is 31.4. The van der Waals surface area contributed by atoms with E-state index in [1.165, 1.54) is 25.6 Å². The van der Waals surface area contributed by atoms with Gasteiger partial charge in [-0.3, -0.25) is 28.8 Å². The number of hydrogen-bond donors (Lipinski definition) is 6. The molecule has 0 saturated heterocycles. The fraction of sp³-hybridized carbons (Fsp3) is 0.500. The van der Waals surface area contributed by atoms with Crippen LogP contribution in [0.3, 0.4) is 0 Å². The van der Waals surface area contributed by atoms with E-state index >= 15 is 0 Å². The standard InChI is InChI=1S/C24H35N5O7S/c1-14(26-24(36)19(27-15(2)30)13-16-7-5-4-6-8-16)22(34)29-18(9-10-20(31)32)23(35)28-17(21(25)33)11-12-37-3/h4-8,14,17-19H,9-13H2,1-3H3,(H2,25,33)(H,26,36)(H,27,30)(H,28,35)(H,29,34)(H,31,32)/t14-,17-,18-,19?/m0/s1. The lowest BCUT2D eigenvalue weighted by atomic mass is 10.0. The van der Waals surface area contributed by atoms with E-state index in [0.717, 1.165) is 5.56 Å². The Morgan fingerprint density at radius 1 is 0.865 bits per heavy atom. The Labute approximate surface area is 219 Å². The second kappa shape index (κ2) is 16.2. The van der Waals surface area contributed by atoms with Crippen LogP contribution in [0.4, 0.5) is 0 Å². The first-order valence-corrected chi connectivity index (χ1v) is 13.1. The first-order valence-electron chi connectivity index (χ1n) is 11.7. The molecule has 12 nitrogen and oxygen atoms in total. The van der Waals surface area contributed by atoms with Gasteiger partial charge in [-0.1, -0.05) is 30.3 Å². The third-order valence-corrected chi connectivity index (χ3v) is 5.92. The molecule has 0 fully saturated rings. The number of carboxylic acid groups (broad SMARTS) is 1. The summed E-state index contributed by atoms with van der Waals surface area (Å²) < 4.78 is 0. The summed E-state index contributed by atoms with van der Waals surface area (Å²) >= 11 is 1.45. The van der Waals surface area contributed by atoms with E-state index in [1.54, 1.807) is 24.3 Å². The minimum Gasteiger partial charge on any atom is -0.481 e. The van der Waals surface area contributed by atoms with Crippen LogP contribution in [-0.4, -0.2) is 76.8 Å². The Bertz CT molecular complexity index is 960. The van der Waals surface area contributed by atoms with Gasteiger partial charge >= 0.3 is 5.97 Å². The Morgan fingerprint density at radius 3 is 2.00 bits per heavy atom. The van der Waals surface area contributed by atoms with Gasteiger partial charge in [0.2, 0.25) is 29.5 Å². The molecule has 37 heavy (non-hydrogen) atoms. The molecule has 4 atom stereocenters. The zero-order valence-electron chi connectivity index (χ0n) is 21.1. The van der Waals surface area contributed by atoms with E-state index in [0.29, 0.717) is 5.75 Å². The molecule has 0 aromatic heterocycles. The molecule has 5 amide bonds. The monoisotopic (exact) mass is 537 g/mol. The van der Waals surface area contributed by atoms with Gasteiger partial charge in [0.15, 0.2) is 0 Å². The van der Waals surface area contributed by atoms with E-state index in [9.17, 15) is 28.8 Å². The number of carbonyl (C=O) groups is 6. The molecule has 0 heterocycles. The van der Waals surface area contributed by atoms with Gasteiger partial charge in [0.25, 0.3) is 0 Å². The van der Waals surface area contributed by atoms with Gasteiger partial charge in [-0.05, 0) is 37.3 Å². The number of benzene rings is 1. The number of thioether (sulfide) groups is 1. The molecule has 1 rings (SSSR count). The molecule has 0 aliphatic carbocycles. The summed E-state index contributed by atoms with van der Waals surface area (Å²) in [6, 6.07) is 4.64. The fourth-order valence-electron chi connectivity index (χ4n) is 3.31. The summed E-state index contributed by atoms with van der Waals surface area (Å²) in [4.78, 5) is 72.8. The molecule has 1 aromatic carbocycles. The third kappa shape index (κ3) is 12.3. The zero-order chi connectivity index (χ0) is 28.0. The molecular weight excluding hydrogens is 502 g/mol. The minimum atomic E-state index is -1.28. The SMILES string of the molecule is CSCC[C@H](NC(=O)[C@H](CCC(=O)O)NC(=O)[C@H](C)NC(=O)C(Cc1ccccc1)NC(C)=O)C(N)=O. The molecular formula is C24H35N5O7S. The first-order chi connectivity index (χ1) is 17.4. The summed E-state index contributed by atoms with van der Waals surface area (Å²) in [6.45, 7) is 2.66. The number of aliphatic carboxylic acids is 1. The number of primary amides is 1. The van der Waals surface area contributed by atoms with Crippen LogP contribution in [0.25, 0.3) is 0 Å². The van der Waals surface area contributed by atoms with Gasteiger partial charge in [0.05, 0.1) is 0 Å². The van der Waals surface area contributed by atoms with Gasteiger partial charge in [-0.2, -0.15) is 11.8 Å². The largest absolute Gasteiger partial charge is 0.481 e. The molecule has 0 radical (unpaired) electrons. The average Bonchev–Trinajstić information content (AvgIpc) is 2.83. The molecule has 1 unspecified atom stereocenters. The maximum absolute atomic E-state index is 12.8. The summed E-state index contributed by atoms with van der Waals surface area (Å²) in [6.07, 6.45) is 1.60. The highest BCUT2D eigenvalue weighted by Crippen LogP contribution is 2.06. The van der Waals surface area contributed by atoms with Gasteiger partial charge in [0, 0.05) is 19.8 Å². The van der Waals surface area contributed by atoms with Gasteiger partial charge in [-0.25, -0.2) is 0 Å². The number of carboxylic acids is 1. The highest BCUT2D eigenvalue weighted by molar-refractivity contribution is 7.98. The van der Waals surface area contributed by atoms with E-state index in [4.69, 9.17) is 10.8 Å². The smallest absolute Gasteiger partial charge is 0.303 e. The van der Waals surface area contributed by atoms with Crippen LogP contribution in [0.1, 0.15) is 38.7 Å². The van der Waals surface area contributed by atoms with E-state index in [1.807, 2.05) is 12.3 Å². The number of carbonyl (C=O) groups excluding carboxylic acids is 5. The Morgan fingerprint density at radius 2 is 1.46 bits per heavy atom. The predicted octanol–water partition coefficient (Wildman–Crippen LogP) is -0.689. The summed E-state index contributed by atoms with van der Waals surface area (Å²) in [5, 5.41) is 19.0. The van der Waals surface area contributed by atoms with Crippen LogP contribution < -0.4 is 27.0 Å². The van der Waals surface area contributed by atoms with Crippen LogP contribution in [0.5, 0.6) is 0 Å². The average molecular weight is 538 g/mol. The van der Waals surface area contributed by atoms with Crippen molar-refractivity contribution in [3.63, 3.8) is 0 Å². The molecule has 1 aromatic rings. The number of rotatable bonds is 16. The fourth-order valence-corrected chi connectivity index (χ4v) is 3.78. The number of hydrogen-bond acceptors (Lipinski definition) is 7. The van der Waals surface area contributed by atoms with Crippen molar-refractivity contribution in [3.05, 3.63) is 35.9 Å². The van der Waals surface area contributed by atoms with Crippen molar-refractivity contribution < 1.29 is 33.9 Å². The number of nitrogens with two attached hydrogens (primary N) is 1. The zero-order valence-corrected chi connectivity index (χ0v) is 21.9. The van der Waals surface area contributed by atoms with E-state index < -0.39 is 66.1 Å². The molecule has 0 aliphatic heterocycles. The Balaban J connectivity index is 2.90. The summed E-state index contributed by atoms with van der Waals surface area (Å²) in [5.74, 6) is -3.95. The molecule has 0 bridgehead atoms. The van der Waals surface area contributed by atoms with Crippen LogP contribution in [0, 0.1) is 0 Å². The summed E-state index contributed by atoms with van der Waals surface area (Å²) in [5.41, 5.74) is 6.14. The van der Waals surface area contributed by atoms with E-state index in [2.05, 4.69) is 21.3 Å². The molecule has 204 valence electrons. The molecule has 0 spiro atoms. The van der Waals surface area contributed by atoms with Gasteiger partial charge < -0.3 is 32.1 Å². The van der Waals surface area contributed by atoms with Crippen molar-refractivity contribution in [2.24, 2.45) is 5.73 Å². The van der Waals surface area contributed by atoms with Crippen molar-refractivity contribution in [3.8, 4) is 0 Å². The molecule has 0 aliphatic rings. The van der Waals surface area contributed by atoms with Crippen molar-refractivity contribution >= 4 is 47.3 Å². The van der Waals surface area contributed by atoms with Crippen LogP contribution >= 0.6 is 11.8 Å². The van der Waals surface area contributed by atoms with Gasteiger partial charge in [0.1, 0.15) is 24.2 Å². The Kier molecular flexibility index (Phi) is 13.8. The molecule has 13 heteroatoms. The number of nitrogens with one attached hydrogen (secondary N) is 4. The van der Waals surface area contributed by atoms with Crippen LogP contribution in [0.15, 0.2) is 30.3 Å². The Hall–Kier alpha value is -3.61. The lowest BCUT2D eigenvalue weighted by Crippen LogP contribution is -2.57. The highest BCUT2D eigenvalue weighted by Gasteiger charge is 2.29. The normalized spacial score (nSPS) is 13.8.